The van der Waals surface area contributed by atoms with Gasteiger partial charge in [-0.3, -0.25) is 0 Å². The highest BCUT2D eigenvalue weighted by atomic mass is 16.5. The molecule has 2 unspecified atom stereocenters. The molecule has 0 saturated heterocycles. The van der Waals surface area contributed by atoms with Crippen LogP contribution in [0.4, 0.5) is 0 Å². The lowest BCUT2D eigenvalue weighted by Gasteiger charge is -2.28. The van der Waals surface area contributed by atoms with Crippen LogP contribution in [-0.2, 0) is 19.1 Å². The Morgan fingerprint density at radius 2 is 1.38 bits per heavy atom. The third kappa shape index (κ3) is 2.37. The molecule has 3 rings (SSSR count). The number of ether oxygens (including phenoxy) is 3. The van der Waals surface area contributed by atoms with Gasteiger partial charge in [-0.2, -0.15) is 0 Å². The van der Waals surface area contributed by atoms with E-state index in [-0.39, 0.29) is 17.3 Å². The maximum absolute atomic E-state index is 12.6. The molecule has 1 aromatic carbocycles. The summed E-state index contributed by atoms with van der Waals surface area (Å²) in [5, 5.41) is 0. The van der Waals surface area contributed by atoms with Crippen molar-refractivity contribution < 1.29 is 23.8 Å². The van der Waals surface area contributed by atoms with Crippen molar-refractivity contribution in [2.24, 2.45) is 17.3 Å². The monoisotopic (exact) mass is 356 g/mol. The third-order valence-electron chi connectivity index (χ3n) is 5.71. The van der Waals surface area contributed by atoms with Gasteiger partial charge in [0, 0.05) is 11.8 Å². The summed E-state index contributed by atoms with van der Waals surface area (Å²) in [6.45, 7) is 6.20. The van der Waals surface area contributed by atoms with Crippen LogP contribution in [0.25, 0.3) is 5.57 Å². The number of benzene rings is 1. The van der Waals surface area contributed by atoms with E-state index in [1.165, 1.54) is 14.2 Å². The van der Waals surface area contributed by atoms with Crippen molar-refractivity contribution in [2.45, 2.75) is 20.8 Å². The van der Waals surface area contributed by atoms with Gasteiger partial charge in [0.25, 0.3) is 0 Å². The molecule has 2 atom stereocenters. The van der Waals surface area contributed by atoms with E-state index in [4.69, 9.17) is 14.2 Å². The molecule has 26 heavy (non-hydrogen) atoms. The summed E-state index contributed by atoms with van der Waals surface area (Å²) in [4.78, 5) is 25.0. The van der Waals surface area contributed by atoms with E-state index < -0.39 is 11.9 Å². The molecule has 0 amide bonds. The summed E-state index contributed by atoms with van der Waals surface area (Å²) in [7, 11) is 4.31. The second-order valence-corrected chi connectivity index (χ2v) is 7.32. The molecule has 0 radical (unpaired) electrons. The number of carbonyl (C=O) groups excluding carboxylic acids is 2. The number of carbonyl (C=O) groups is 2. The average Bonchev–Trinajstić information content (AvgIpc) is 3.00. The smallest absolute Gasteiger partial charge is 0.334 e. The van der Waals surface area contributed by atoms with E-state index >= 15 is 0 Å². The van der Waals surface area contributed by atoms with Gasteiger partial charge in [0.2, 0.25) is 0 Å². The molecular formula is C21H24O5. The first-order chi connectivity index (χ1) is 12.3. The highest BCUT2D eigenvalue weighted by Gasteiger charge is 2.60. The molecule has 0 fully saturated rings. The normalized spacial score (nSPS) is 23.3. The van der Waals surface area contributed by atoms with Gasteiger partial charge in [-0.25, -0.2) is 9.59 Å². The highest BCUT2D eigenvalue weighted by Crippen LogP contribution is 2.65. The van der Waals surface area contributed by atoms with Crippen molar-refractivity contribution in [3.05, 3.63) is 46.5 Å². The Bertz CT molecular complexity index is 826. The Labute approximate surface area is 153 Å². The van der Waals surface area contributed by atoms with Gasteiger partial charge in [-0.1, -0.05) is 31.6 Å². The van der Waals surface area contributed by atoms with Crippen LogP contribution in [0.2, 0.25) is 0 Å². The van der Waals surface area contributed by atoms with E-state index in [0.717, 1.165) is 22.5 Å². The van der Waals surface area contributed by atoms with Gasteiger partial charge in [0.15, 0.2) is 0 Å². The van der Waals surface area contributed by atoms with Crippen molar-refractivity contribution in [3.63, 3.8) is 0 Å². The fraction of sp³-hybridized carbons (Fsp3) is 0.429. The Morgan fingerprint density at radius 1 is 0.885 bits per heavy atom. The minimum absolute atomic E-state index is 0.175. The van der Waals surface area contributed by atoms with Crippen LogP contribution in [0.15, 0.2) is 41.0 Å². The van der Waals surface area contributed by atoms with Crippen molar-refractivity contribution in [3.8, 4) is 5.75 Å². The molecule has 0 spiro atoms. The molecular weight excluding hydrogens is 332 g/mol. The molecule has 0 saturated carbocycles. The van der Waals surface area contributed by atoms with E-state index in [2.05, 4.69) is 13.8 Å². The predicted molar refractivity (Wildman–Crippen MR) is 97.4 cm³/mol. The minimum Gasteiger partial charge on any atom is -0.497 e. The largest absolute Gasteiger partial charge is 0.497 e. The zero-order chi connectivity index (χ0) is 19.2. The first-order valence-electron chi connectivity index (χ1n) is 8.55. The number of methoxy groups -OCH3 is 3. The Hall–Kier alpha value is -2.56. The van der Waals surface area contributed by atoms with E-state index in [1.807, 2.05) is 31.2 Å². The fourth-order valence-corrected chi connectivity index (χ4v) is 4.74. The lowest BCUT2D eigenvalue weighted by atomic mass is 9.75. The third-order valence-corrected chi connectivity index (χ3v) is 5.71. The first-order valence-corrected chi connectivity index (χ1v) is 8.55. The van der Waals surface area contributed by atoms with Gasteiger partial charge in [-0.15, -0.1) is 0 Å². The van der Waals surface area contributed by atoms with Gasteiger partial charge < -0.3 is 14.2 Å². The number of hydrogen-bond acceptors (Lipinski definition) is 5. The zero-order valence-corrected chi connectivity index (χ0v) is 16.0. The molecule has 5 heteroatoms. The van der Waals surface area contributed by atoms with Crippen molar-refractivity contribution in [1.29, 1.82) is 0 Å². The highest BCUT2D eigenvalue weighted by molar-refractivity contribution is 6.07. The number of hydrogen-bond donors (Lipinski definition) is 0. The molecule has 0 aliphatic heterocycles. The van der Waals surface area contributed by atoms with Crippen molar-refractivity contribution in [1.82, 2.24) is 0 Å². The molecule has 138 valence electrons. The Balaban J connectivity index is 2.18. The Kier molecular flexibility index (Phi) is 4.42. The van der Waals surface area contributed by atoms with Crippen LogP contribution in [0, 0.1) is 17.3 Å². The first kappa shape index (κ1) is 18.2. The van der Waals surface area contributed by atoms with Crippen molar-refractivity contribution >= 4 is 17.5 Å². The molecule has 0 N–H and O–H groups in total. The number of rotatable bonds is 4. The molecule has 2 aliphatic rings. The quantitative estimate of drug-likeness (QED) is 0.774. The summed E-state index contributed by atoms with van der Waals surface area (Å²) in [5.74, 6) is -0.550. The van der Waals surface area contributed by atoms with Gasteiger partial charge in [0.05, 0.1) is 32.5 Å². The number of allylic oxidation sites excluding steroid dienone is 2. The summed E-state index contributed by atoms with van der Waals surface area (Å²) in [6, 6.07) is 7.77. The van der Waals surface area contributed by atoms with Gasteiger partial charge in [0.1, 0.15) is 5.75 Å². The van der Waals surface area contributed by atoms with E-state index in [1.54, 1.807) is 7.11 Å². The van der Waals surface area contributed by atoms with Crippen LogP contribution >= 0.6 is 0 Å². The summed E-state index contributed by atoms with van der Waals surface area (Å²) < 4.78 is 15.2. The van der Waals surface area contributed by atoms with E-state index in [0.29, 0.717) is 11.1 Å². The number of fused-ring (bicyclic) bond motifs is 2. The predicted octanol–water partition coefficient (Wildman–Crippen LogP) is 3.40. The molecule has 0 aromatic heterocycles. The minimum atomic E-state index is -0.468. The maximum atomic E-state index is 12.6. The van der Waals surface area contributed by atoms with Gasteiger partial charge in [-0.05, 0) is 35.6 Å². The topological polar surface area (TPSA) is 61.8 Å². The standard InChI is InChI=1S/C21H24O5/c1-11-14(12-7-9-13(24-4)10-8-12)18-16(20(23)26-6)15(19(22)25-5)17(11)21(18,2)3/h7-10,17-18H,1-6H3. The summed E-state index contributed by atoms with van der Waals surface area (Å²) in [6.07, 6.45) is 0. The van der Waals surface area contributed by atoms with Crippen LogP contribution in [0.5, 0.6) is 5.75 Å². The van der Waals surface area contributed by atoms with Crippen LogP contribution in [0.1, 0.15) is 26.3 Å². The van der Waals surface area contributed by atoms with Crippen LogP contribution < -0.4 is 4.74 Å². The Morgan fingerprint density at radius 3 is 1.85 bits per heavy atom. The zero-order valence-electron chi connectivity index (χ0n) is 16.0. The second kappa shape index (κ2) is 6.31. The number of esters is 2. The van der Waals surface area contributed by atoms with E-state index in [9.17, 15) is 9.59 Å². The molecule has 2 bridgehead atoms. The summed E-state index contributed by atoms with van der Waals surface area (Å²) >= 11 is 0. The summed E-state index contributed by atoms with van der Waals surface area (Å²) in [5.41, 5.74) is 3.74. The lowest BCUT2D eigenvalue weighted by Crippen LogP contribution is -2.24. The van der Waals surface area contributed by atoms with Gasteiger partial charge >= 0.3 is 11.9 Å². The molecule has 1 aromatic rings. The fourth-order valence-electron chi connectivity index (χ4n) is 4.74. The maximum Gasteiger partial charge on any atom is 0.334 e. The molecule has 2 aliphatic carbocycles. The molecule has 5 nitrogen and oxygen atoms in total. The average molecular weight is 356 g/mol. The van der Waals surface area contributed by atoms with Crippen LogP contribution in [0.3, 0.4) is 0 Å². The van der Waals surface area contributed by atoms with Crippen molar-refractivity contribution in [2.75, 3.05) is 21.3 Å². The lowest BCUT2D eigenvalue weighted by molar-refractivity contribution is -0.139. The molecule has 0 heterocycles. The van der Waals surface area contributed by atoms with Crippen LogP contribution in [-0.4, -0.2) is 33.3 Å². The SMILES string of the molecule is COC(=O)C1=C(C(=O)OC)C2C(c3ccc(OC)cc3)=C(C)C1C2(C)C. The second-order valence-electron chi connectivity index (χ2n) is 7.32.